The Morgan fingerprint density at radius 2 is 1.74 bits per heavy atom. The molecular weight excluding hydrogens is 292 g/mol. The van der Waals surface area contributed by atoms with Gasteiger partial charge in [0.1, 0.15) is 5.78 Å². The largest absolute Gasteiger partial charge is 0.466 e. The molecule has 0 spiro atoms. The fourth-order valence-corrected chi connectivity index (χ4v) is 3.75. The van der Waals surface area contributed by atoms with Crippen LogP contribution in [0.5, 0.6) is 0 Å². The van der Waals surface area contributed by atoms with E-state index >= 15 is 0 Å². The number of epoxide rings is 1. The Kier molecular flexibility index (Phi) is 6.24. The lowest BCUT2D eigenvalue weighted by atomic mass is 9.75. The van der Waals surface area contributed by atoms with Gasteiger partial charge in [-0.05, 0) is 25.2 Å². The standard InChI is InChI=1S/C19H32O4/c1-13-6-5-7-15-16(23-15)9-11-22-17(20)8-10-19(3,4)18(21)14(2)12-13/h13-16H,5-12H2,1-4H3. The maximum atomic E-state index is 12.7. The van der Waals surface area contributed by atoms with E-state index in [2.05, 4.69) is 6.92 Å². The molecule has 0 amide bonds. The first-order valence-electron chi connectivity index (χ1n) is 9.15. The maximum Gasteiger partial charge on any atom is 0.305 e. The maximum absolute atomic E-state index is 12.7. The van der Waals surface area contributed by atoms with E-state index in [1.54, 1.807) is 0 Å². The van der Waals surface area contributed by atoms with Gasteiger partial charge < -0.3 is 9.47 Å². The molecule has 4 heteroatoms. The van der Waals surface area contributed by atoms with E-state index in [-0.39, 0.29) is 23.8 Å². The molecule has 2 heterocycles. The lowest BCUT2D eigenvalue weighted by molar-refractivity contribution is -0.145. The van der Waals surface area contributed by atoms with Gasteiger partial charge in [0.15, 0.2) is 0 Å². The van der Waals surface area contributed by atoms with Gasteiger partial charge in [-0.2, -0.15) is 0 Å². The third kappa shape index (κ3) is 5.59. The first-order valence-corrected chi connectivity index (χ1v) is 9.15. The van der Waals surface area contributed by atoms with E-state index in [9.17, 15) is 9.59 Å². The number of fused-ring (bicyclic) bond motifs is 1. The number of hydrogen-bond donors (Lipinski definition) is 0. The van der Waals surface area contributed by atoms with E-state index in [0.717, 1.165) is 32.1 Å². The molecule has 0 bridgehead atoms. The Morgan fingerprint density at radius 1 is 1.04 bits per heavy atom. The van der Waals surface area contributed by atoms with Crippen molar-refractivity contribution in [2.24, 2.45) is 17.3 Å². The van der Waals surface area contributed by atoms with Crippen molar-refractivity contribution in [3.05, 3.63) is 0 Å². The van der Waals surface area contributed by atoms with Crippen LogP contribution in [-0.4, -0.2) is 30.6 Å². The topological polar surface area (TPSA) is 55.9 Å². The Morgan fingerprint density at radius 3 is 2.48 bits per heavy atom. The minimum absolute atomic E-state index is 0.0499. The van der Waals surface area contributed by atoms with E-state index in [4.69, 9.17) is 9.47 Å². The molecule has 4 unspecified atom stereocenters. The van der Waals surface area contributed by atoms with Crippen molar-refractivity contribution in [3.8, 4) is 0 Å². The number of carbonyl (C=O) groups excluding carboxylic acids is 2. The molecule has 132 valence electrons. The summed E-state index contributed by atoms with van der Waals surface area (Å²) in [7, 11) is 0. The second-order valence-corrected chi connectivity index (χ2v) is 8.14. The van der Waals surface area contributed by atoms with Gasteiger partial charge in [-0.15, -0.1) is 0 Å². The fraction of sp³-hybridized carbons (Fsp3) is 0.895. The number of hydrogen-bond acceptors (Lipinski definition) is 4. The van der Waals surface area contributed by atoms with Gasteiger partial charge >= 0.3 is 5.97 Å². The molecule has 2 saturated heterocycles. The third-order valence-electron chi connectivity index (χ3n) is 5.36. The van der Waals surface area contributed by atoms with Crippen molar-refractivity contribution in [1.82, 2.24) is 0 Å². The van der Waals surface area contributed by atoms with Crippen LogP contribution in [0.3, 0.4) is 0 Å². The van der Waals surface area contributed by atoms with Crippen molar-refractivity contribution < 1.29 is 19.1 Å². The van der Waals surface area contributed by atoms with Gasteiger partial charge in [0.25, 0.3) is 0 Å². The lowest BCUT2D eigenvalue weighted by Crippen LogP contribution is -2.31. The highest BCUT2D eigenvalue weighted by Crippen LogP contribution is 2.33. The van der Waals surface area contributed by atoms with Crippen LogP contribution in [0.2, 0.25) is 0 Å². The smallest absolute Gasteiger partial charge is 0.305 e. The van der Waals surface area contributed by atoms with Crippen LogP contribution in [0.15, 0.2) is 0 Å². The van der Waals surface area contributed by atoms with Gasteiger partial charge in [0.05, 0.1) is 18.8 Å². The van der Waals surface area contributed by atoms with E-state index < -0.39 is 5.41 Å². The van der Waals surface area contributed by atoms with Crippen molar-refractivity contribution in [3.63, 3.8) is 0 Å². The molecule has 23 heavy (non-hydrogen) atoms. The van der Waals surface area contributed by atoms with Gasteiger partial charge in [-0.25, -0.2) is 0 Å². The second kappa shape index (κ2) is 7.78. The molecule has 0 N–H and O–H groups in total. The summed E-state index contributed by atoms with van der Waals surface area (Å²) in [4.78, 5) is 24.5. The van der Waals surface area contributed by atoms with Crippen molar-refractivity contribution in [2.45, 2.75) is 84.8 Å². The summed E-state index contributed by atoms with van der Waals surface area (Å²) in [5, 5.41) is 0. The normalized spacial score (nSPS) is 36.9. The van der Waals surface area contributed by atoms with E-state index in [1.807, 2.05) is 20.8 Å². The lowest BCUT2D eigenvalue weighted by Gasteiger charge is -2.27. The van der Waals surface area contributed by atoms with Crippen LogP contribution >= 0.6 is 0 Å². The molecule has 2 aliphatic heterocycles. The summed E-state index contributed by atoms with van der Waals surface area (Å²) in [6.45, 7) is 8.61. The molecule has 2 rings (SSSR count). The summed E-state index contributed by atoms with van der Waals surface area (Å²) >= 11 is 0. The molecule has 4 nitrogen and oxygen atoms in total. The average molecular weight is 324 g/mol. The number of esters is 1. The molecule has 0 aromatic carbocycles. The van der Waals surface area contributed by atoms with Crippen molar-refractivity contribution >= 4 is 11.8 Å². The van der Waals surface area contributed by atoms with Crippen molar-refractivity contribution in [2.75, 3.05) is 6.61 Å². The predicted molar refractivity (Wildman–Crippen MR) is 89.1 cm³/mol. The predicted octanol–water partition coefficient (Wildman–Crippen LogP) is 3.91. The number of ether oxygens (including phenoxy) is 2. The molecule has 0 aliphatic carbocycles. The zero-order chi connectivity index (χ0) is 17.0. The fourth-order valence-electron chi connectivity index (χ4n) is 3.75. The molecular formula is C19H32O4. The Hall–Kier alpha value is -0.900. The van der Waals surface area contributed by atoms with Crippen LogP contribution in [0.25, 0.3) is 0 Å². The number of carbonyl (C=O) groups is 2. The summed E-state index contributed by atoms with van der Waals surface area (Å²) in [6.07, 6.45) is 6.62. The van der Waals surface area contributed by atoms with Crippen LogP contribution in [0, 0.1) is 17.3 Å². The number of cyclic esters (lactones) is 1. The average Bonchev–Trinajstić information content (AvgIpc) is 3.22. The first kappa shape index (κ1) is 18.4. The van der Waals surface area contributed by atoms with Crippen LogP contribution in [0.4, 0.5) is 0 Å². The molecule has 0 aromatic heterocycles. The van der Waals surface area contributed by atoms with Gasteiger partial charge in [-0.3, -0.25) is 9.59 Å². The Bertz CT molecular complexity index is 429. The molecule has 2 aliphatic rings. The minimum atomic E-state index is -0.458. The van der Waals surface area contributed by atoms with Gasteiger partial charge in [-0.1, -0.05) is 40.5 Å². The van der Waals surface area contributed by atoms with Gasteiger partial charge in [0, 0.05) is 24.2 Å². The van der Waals surface area contributed by atoms with Crippen LogP contribution in [-0.2, 0) is 19.1 Å². The van der Waals surface area contributed by atoms with Crippen LogP contribution < -0.4 is 0 Å². The highest BCUT2D eigenvalue weighted by molar-refractivity contribution is 5.86. The second-order valence-electron chi connectivity index (χ2n) is 8.14. The number of ketones is 1. The van der Waals surface area contributed by atoms with Gasteiger partial charge in [0.2, 0.25) is 0 Å². The molecule has 0 saturated carbocycles. The molecule has 0 radical (unpaired) electrons. The van der Waals surface area contributed by atoms with E-state index in [0.29, 0.717) is 31.5 Å². The van der Waals surface area contributed by atoms with Crippen LogP contribution in [0.1, 0.15) is 72.6 Å². The quantitative estimate of drug-likeness (QED) is 0.501. The first-order chi connectivity index (χ1) is 10.8. The van der Waals surface area contributed by atoms with E-state index in [1.165, 1.54) is 0 Å². The highest BCUT2D eigenvalue weighted by Gasteiger charge is 2.38. The molecule has 0 aromatic rings. The number of Topliss-reactive ketones (excluding diaryl/α,β-unsaturated/α-hetero) is 1. The molecule has 2 fully saturated rings. The Labute approximate surface area is 140 Å². The highest BCUT2D eigenvalue weighted by atomic mass is 16.6. The third-order valence-corrected chi connectivity index (χ3v) is 5.36. The SMILES string of the molecule is CC1CCCC2OC2CCOC(=O)CCC(C)(C)C(=O)C(C)C1. The summed E-state index contributed by atoms with van der Waals surface area (Å²) < 4.78 is 10.9. The monoisotopic (exact) mass is 324 g/mol. The van der Waals surface area contributed by atoms with Crippen molar-refractivity contribution in [1.29, 1.82) is 0 Å². The minimum Gasteiger partial charge on any atom is -0.466 e. The summed E-state index contributed by atoms with van der Waals surface area (Å²) in [6, 6.07) is 0. The Balaban J connectivity index is 1.95. The zero-order valence-electron chi connectivity index (χ0n) is 15.1. The molecule has 4 atom stereocenters. The zero-order valence-corrected chi connectivity index (χ0v) is 15.1. The number of rotatable bonds is 0. The summed E-state index contributed by atoms with van der Waals surface area (Å²) in [5.41, 5.74) is -0.458. The summed E-state index contributed by atoms with van der Waals surface area (Å²) in [5.74, 6) is 0.680.